The molecule has 4 aromatic carbocycles. The van der Waals surface area contributed by atoms with Crippen LogP contribution in [0.3, 0.4) is 0 Å². The Kier molecular flexibility index (Phi) is 32.6. The van der Waals surface area contributed by atoms with Crippen LogP contribution in [0.15, 0.2) is 111 Å². The zero-order valence-corrected chi connectivity index (χ0v) is 77.3. The number of methoxy groups -OCH3 is 4. The van der Waals surface area contributed by atoms with E-state index >= 15 is 0 Å². The molecule has 4 fully saturated rings. The van der Waals surface area contributed by atoms with Gasteiger partial charge in [-0.25, -0.2) is 24.3 Å². The maximum Gasteiger partial charge on any atom is 0.160 e. The summed E-state index contributed by atoms with van der Waals surface area (Å²) in [5.41, 5.74) is 14.3. The largest absolute Gasteiger partial charge is 0.497 e. The molecule has 12 heterocycles. The third-order valence-corrected chi connectivity index (χ3v) is 27.1. The van der Waals surface area contributed by atoms with Crippen molar-refractivity contribution in [2.45, 2.75) is 176 Å². The fourth-order valence-electron chi connectivity index (χ4n) is 16.4. The molecule has 4 aromatic heterocycles. The molecule has 0 atom stereocenters. The summed E-state index contributed by atoms with van der Waals surface area (Å²) in [5.74, 6) is 9.90. The molecule has 125 heavy (non-hydrogen) atoms. The summed E-state index contributed by atoms with van der Waals surface area (Å²) in [4.78, 5) is 29.0. The Morgan fingerprint density at radius 1 is 0.352 bits per heavy atom. The lowest BCUT2D eigenvalue weighted by molar-refractivity contribution is -0.0405. The van der Waals surface area contributed by atoms with E-state index in [1.807, 2.05) is 54.6 Å². The van der Waals surface area contributed by atoms with Gasteiger partial charge < -0.3 is 76.4 Å². The second-order valence-corrected chi connectivity index (χ2v) is 38.2. The molecule has 0 unspecified atom stereocenters. The SMILES string of the molecule is CC1(C)Cc2c(C#N)c(SCCc3ccccc3F)nc(N3CCOCC3)c2CO1.COc1ccc(CCSc2nc(N3CCOCC3)c3c(c2C#N)CC(C)(C)OC3)cc1.COc1ccc(CCSc2nc(N3CCOCC3)c3c(c2C#N)CC(C)(C)OC3)cc1OC.COc1ccccc1CCSc1nc(N2CCOCC2)c2c(c1C#N)CC(C)(C)OC2. The molecule has 0 bridgehead atoms. The molecule has 8 aliphatic heterocycles. The number of hydrogen-bond acceptors (Lipinski definition) is 28. The number of aryl methyl sites for hydroxylation is 4. The van der Waals surface area contributed by atoms with Gasteiger partial charge in [0, 0.05) is 123 Å². The number of aromatic nitrogens is 4. The van der Waals surface area contributed by atoms with Gasteiger partial charge in [0.15, 0.2) is 11.5 Å². The van der Waals surface area contributed by atoms with Crippen LogP contribution in [0.5, 0.6) is 23.0 Å². The lowest BCUT2D eigenvalue weighted by atomic mass is 9.89. The topological polar surface area (TPSA) is 270 Å². The van der Waals surface area contributed by atoms with Crippen LogP contribution in [0.1, 0.15) is 144 Å². The normalized spacial score (nSPS) is 17.6. The summed E-state index contributed by atoms with van der Waals surface area (Å²) in [7, 11) is 6.65. The fraction of sp³-hybridized carbons (Fsp3) is 0.500. The van der Waals surface area contributed by atoms with Crippen LogP contribution in [0.2, 0.25) is 0 Å². The van der Waals surface area contributed by atoms with Crippen LogP contribution >= 0.6 is 47.0 Å². The van der Waals surface area contributed by atoms with E-state index in [0.29, 0.717) is 139 Å². The lowest BCUT2D eigenvalue weighted by Crippen LogP contribution is -2.39. The standard InChI is InChI=1S/C25H31N3O4S.2C24H29N3O3S.C23H26FN3O2S/c1-25(2)14-18-19(15-26)24(27-23(20(18)16-32-25)28-8-10-31-11-9-28)33-12-7-17-5-6-21(29-3)22(13-17)30-4;1-24(2)14-19-20(15-25)23(31-13-8-17-4-6-18(28-3)7-5-17)26-22(21(19)16-30-24)27-9-11-29-12-10-27;1-24(2)14-18-19(15-25)23(31-13-8-17-6-4-5-7-21(17)28-3)26-22(20(18)16-30-24)27-9-11-29-12-10-27;1-23(2)13-17-18(14-25)22(30-12-7-16-5-3-4-6-20(16)24)26-21(19(17)15-29-23)27-8-10-28-11-9-27/h5-6,13H,7-12,14,16H2,1-4H3;2*4-7H,8-14,16H2,1-3H3;3-6H,7-13,15H2,1-2H3. The Morgan fingerprint density at radius 2 is 0.656 bits per heavy atom. The number of rotatable bonds is 24. The number of thioether (sulfide) groups is 4. The van der Waals surface area contributed by atoms with Gasteiger partial charge in [0.05, 0.1) is 152 Å². The summed E-state index contributed by atoms with van der Waals surface area (Å²) in [6.07, 6.45) is 5.97. The van der Waals surface area contributed by atoms with Crippen LogP contribution in [0, 0.1) is 51.1 Å². The molecule has 0 aliphatic carbocycles. The summed E-state index contributed by atoms with van der Waals surface area (Å²) >= 11 is 6.48. The summed E-state index contributed by atoms with van der Waals surface area (Å²) < 4.78 is 81.9. The molecule has 8 aromatic rings. The Bertz CT molecular complexity index is 5240. The van der Waals surface area contributed by atoms with Crippen molar-refractivity contribution in [2.24, 2.45) is 0 Å². The number of anilines is 4. The van der Waals surface area contributed by atoms with Crippen molar-refractivity contribution >= 4 is 70.3 Å². The Balaban J connectivity index is 0.000000143. The van der Waals surface area contributed by atoms with E-state index in [1.165, 1.54) is 23.4 Å². The number of ether oxygens (including phenoxy) is 12. The summed E-state index contributed by atoms with van der Waals surface area (Å²) in [6, 6.07) is 38.8. The molecule has 29 heteroatoms. The second-order valence-electron chi connectivity index (χ2n) is 33.9. The predicted octanol–water partition coefficient (Wildman–Crippen LogP) is 16.1. The van der Waals surface area contributed by atoms with Crippen molar-refractivity contribution in [3.63, 3.8) is 0 Å². The molecule has 16 rings (SSSR count). The molecule has 24 nitrogen and oxygen atoms in total. The van der Waals surface area contributed by atoms with Crippen LogP contribution in [0.4, 0.5) is 27.7 Å². The van der Waals surface area contributed by atoms with E-state index < -0.39 is 0 Å². The molecule has 0 radical (unpaired) electrons. The number of fused-ring (bicyclic) bond motifs is 4. The summed E-state index contributed by atoms with van der Waals surface area (Å²) in [5, 5.41) is 43.3. The van der Waals surface area contributed by atoms with Gasteiger partial charge in [0.25, 0.3) is 0 Å². The van der Waals surface area contributed by atoms with Crippen LogP contribution < -0.4 is 38.5 Å². The number of nitriles is 4. The number of hydrogen-bond donors (Lipinski definition) is 0. The third kappa shape index (κ3) is 23.8. The number of morpholine rings is 4. The second kappa shape index (κ2) is 43.6. The van der Waals surface area contributed by atoms with Gasteiger partial charge in [-0.15, -0.1) is 47.0 Å². The fourth-order valence-corrected chi connectivity index (χ4v) is 20.4. The first-order valence-electron chi connectivity index (χ1n) is 42.9. The van der Waals surface area contributed by atoms with Gasteiger partial charge in [-0.1, -0.05) is 54.6 Å². The molecule has 662 valence electrons. The molecule has 0 spiro atoms. The number of nitrogens with zero attached hydrogens (tertiary/aromatic N) is 12. The van der Waals surface area contributed by atoms with Crippen LogP contribution in [-0.2, 0) is 116 Å². The van der Waals surface area contributed by atoms with E-state index in [4.69, 9.17) is 76.8 Å². The molecular formula is C96H115FN12O12S4. The Morgan fingerprint density at radius 3 is 0.984 bits per heavy atom. The smallest absolute Gasteiger partial charge is 0.160 e. The Hall–Kier alpha value is -9.15. The average molecular weight is 1780 g/mol. The van der Waals surface area contributed by atoms with E-state index in [9.17, 15) is 25.4 Å². The third-order valence-electron chi connectivity index (χ3n) is 23.2. The van der Waals surface area contributed by atoms with Gasteiger partial charge in [-0.05, 0) is 162 Å². The zero-order chi connectivity index (χ0) is 88.3. The van der Waals surface area contributed by atoms with Crippen LogP contribution in [0.25, 0.3) is 0 Å². The van der Waals surface area contributed by atoms with E-state index in [-0.39, 0.29) is 28.2 Å². The van der Waals surface area contributed by atoms with Crippen LogP contribution in [-0.4, -0.2) is 199 Å². The van der Waals surface area contributed by atoms with Gasteiger partial charge in [-0.3, -0.25) is 0 Å². The number of benzene rings is 4. The molecule has 0 N–H and O–H groups in total. The average Bonchev–Trinajstić information content (AvgIpc) is 0.773. The zero-order valence-electron chi connectivity index (χ0n) is 74.1. The van der Waals surface area contributed by atoms with Crippen molar-refractivity contribution in [1.82, 2.24) is 19.9 Å². The molecule has 8 aliphatic rings. The first kappa shape index (κ1) is 93.5. The van der Waals surface area contributed by atoms with Gasteiger partial charge in [-0.2, -0.15) is 21.0 Å². The Labute approximate surface area is 752 Å². The first-order valence-corrected chi connectivity index (χ1v) is 46.8. The minimum absolute atomic E-state index is 0.190. The minimum Gasteiger partial charge on any atom is -0.497 e. The van der Waals surface area contributed by atoms with Gasteiger partial charge in [0.2, 0.25) is 0 Å². The maximum absolute atomic E-state index is 14.0. The van der Waals surface area contributed by atoms with E-state index in [2.05, 4.69) is 117 Å². The van der Waals surface area contributed by atoms with Crippen molar-refractivity contribution in [3.05, 3.63) is 186 Å². The highest BCUT2D eigenvalue weighted by Gasteiger charge is 2.39. The van der Waals surface area contributed by atoms with Gasteiger partial charge >= 0.3 is 0 Å². The highest BCUT2D eigenvalue weighted by molar-refractivity contribution is 8.00. The number of para-hydroxylation sites is 1. The number of halogens is 1. The van der Waals surface area contributed by atoms with Crippen molar-refractivity contribution in [3.8, 4) is 47.3 Å². The molecular weight excluding hydrogens is 1660 g/mol. The minimum atomic E-state index is -0.322. The monoisotopic (exact) mass is 1770 g/mol. The van der Waals surface area contributed by atoms with Crippen molar-refractivity contribution in [1.29, 1.82) is 21.0 Å². The highest BCUT2D eigenvalue weighted by Crippen LogP contribution is 2.45. The van der Waals surface area contributed by atoms with Crippen molar-refractivity contribution < 1.29 is 61.2 Å². The van der Waals surface area contributed by atoms with E-state index in [0.717, 1.165) is 217 Å². The highest BCUT2D eigenvalue weighted by atomic mass is 32.2. The van der Waals surface area contributed by atoms with E-state index in [1.54, 1.807) is 75.9 Å². The van der Waals surface area contributed by atoms with Crippen molar-refractivity contribution in [2.75, 3.05) is 176 Å². The quantitative estimate of drug-likeness (QED) is 0.0508. The first-order chi connectivity index (χ1) is 60.5. The van der Waals surface area contributed by atoms with Gasteiger partial charge in [0.1, 0.15) is 85.0 Å². The molecule has 4 saturated heterocycles. The lowest BCUT2D eigenvalue weighted by Gasteiger charge is -2.37. The molecule has 0 saturated carbocycles. The predicted molar refractivity (Wildman–Crippen MR) is 488 cm³/mol. The summed E-state index contributed by atoms with van der Waals surface area (Å²) in [6.45, 7) is 30.4. The number of pyridine rings is 4. The maximum atomic E-state index is 14.0. The molecule has 0 amide bonds.